The normalized spacial score (nSPS) is 10.7. The Morgan fingerprint density at radius 3 is 2.22 bits per heavy atom. The van der Waals surface area contributed by atoms with Crippen LogP contribution < -0.4 is 0 Å². The molecule has 0 amide bonds. The zero-order chi connectivity index (χ0) is 13.0. The fourth-order valence-electron chi connectivity index (χ4n) is 1.49. The van der Waals surface area contributed by atoms with Crippen LogP contribution >= 0.6 is 0 Å². The summed E-state index contributed by atoms with van der Waals surface area (Å²) in [6.45, 7) is 1.54. The van der Waals surface area contributed by atoms with Crippen molar-refractivity contribution in [1.82, 2.24) is 0 Å². The highest BCUT2D eigenvalue weighted by molar-refractivity contribution is 5.95. The van der Waals surface area contributed by atoms with Gasteiger partial charge in [0.05, 0.1) is 5.69 Å². The first-order chi connectivity index (χ1) is 8.65. The Labute approximate surface area is 105 Å². The van der Waals surface area contributed by atoms with Crippen LogP contribution in [0.1, 0.15) is 22.8 Å². The van der Waals surface area contributed by atoms with E-state index in [2.05, 4.69) is 4.99 Å². The molecule has 3 heteroatoms. The molecular weight excluding hydrogens is 226 g/mol. The molecule has 90 valence electrons. The monoisotopic (exact) mass is 239 g/mol. The second-order valence-corrected chi connectivity index (χ2v) is 3.95. The summed E-state index contributed by atoms with van der Waals surface area (Å²) in [6, 6.07) is 13.9. The molecule has 0 aliphatic heterocycles. The molecule has 0 atom stereocenters. The number of hydrogen-bond acceptors (Lipinski definition) is 3. The molecule has 0 bridgehead atoms. The quantitative estimate of drug-likeness (QED) is 0.659. The van der Waals surface area contributed by atoms with Crippen LogP contribution in [0.5, 0.6) is 5.75 Å². The van der Waals surface area contributed by atoms with Crippen LogP contribution in [0.4, 0.5) is 5.69 Å². The fourth-order valence-corrected chi connectivity index (χ4v) is 1.49. The van der Waals surface area contributed by atoms with Gasteiger partial charge in [-0.3, -0.25) is 9.79 Å². The van der Waals surface area contributed by atoms with E-state index in [1.165, 1.54) is 0 Å². The number of Topliss-reactive ketones (excluding diaryl/α,β-unsaturated/α-hetero) is 1. The van der Waals surface area contributed by atoms with Gasteiger partial charge in [-0.2, -0.15) is 0 Å². The lowest BCUT2D eigenvalue weighted by Gasteiger charge is -1.97. The lowest BCUT2D eigenvalue weighted by atomic mass is 10.1. The molecule has 1 N–H and O–H groups in total. The number of phenolic OH excluding ortho intramolecular Hbond substituents is 1. The number of aliphatic imine (C=N–C) groups is 1. The largest absolute Gasteiger partial charge is 0.508 e. The molecule has 0 unspecified atom stereocenters. The van der Waals surface area contributed by atoms with E-state index in [1.807, 2.05) is 12.1 Å². The first-order valence-corrected chi connectivity index (χ1v) is 5.59. The maximum atomic E-state index is 11.1. The summed E-state index contributed by atoms with van der Waals surface area (Å²) in [6.07, 6.45) is 1.72. The average molecular weight is 239 g/mol. The number of carbonyl (C=O) groups is 1. The molecule has 0 aliphatic rings. The first kappa shape index (κ1) is 12.0. The Hall–Kier alpha value is -2.42. The predicted octanol–water partition coefficient (Wildman–Crippen LogP) is 3.35. The Kier molecular flexibility index (Phi) is 3.53. The maximum absolute atomic E-state index is 11.1. The minimum Gasteiger partial charge on any atom is -0.508 e. The number of carbonyl (C=O) groups excluding carboxylic acids is 1. The van der Waals surface area contributed by atoms with Gasteiger partial charge < -0.3 is 5.11 Å². The summed E-state index contributed by atoms with van der Waals surface area (Å²) < 4.78 is 0. The van der Waals surface area contributed by atoms with Gasteiger partial charge in [-0.1, -0.05) is 24.3 Å². The topological polar surface area (TPSA) is 49.7 Å². The molecule has 0 heterocycles. The van der Waals surface area contributed by atoms with Crippen molar-refractivity contribution in [2.24, 2.45) is 4.99 Å². The summed E-state index contributed by atoms with van der Waals surface area (Å²) in [4.78, 5) is 15.4. The van der Waals surface area contributed by atoms with Crippen molar-refractivity contribution in [3.8, 4) is 5.75 Å². The Morgan fingerprint density at radius 2 is 1.67 bits per heavy atom. The van der Waals surface area contributed by atoms with Crippen LogP contribution in [0.25, 0.3) is 0 Å². The summed E-state index contributed by atoms with van der Waals surface area (Å²) >= 11 is 0. The minimum absolute atomic E-state index is 0.0528. The van der Waals surface area contributed by atoms with Crippen molar-refractivity contribution in [1.29, 1.82) is 0 Å². The van der Waals surface area contributed by atoms with E-state index >= 15 is 0 Å². The first-order valence-electron chi connectivity index (χ1n) is 5.59. The molecule has 0 saturated heterocycles. The standard InChI is InChI=1S/C15H13NO2/c1-11(17)13-4-2-12(3-5-13)10-16-14-6-8-15(18)9-7-14/h2-10,18H,1H3. The highest BCUT2D eigenvalue weighted by Crippen LogP contribution is 2.16. The number of hydrogen-bond donors (Lipinski definition) is 1. The van der Waals surface area contributed by atoms with Crippen molar-refractivity contribution in [2.45, 2.75) is 6.92 Å². The molecule has 2 aromatic rings. The van der Waals surface area contributed by atoms with E-state index in [0.29, 0.717) is 5.56 Å². The van der Waals surface area contributed by atoms with Gasteiger partial charge in [0.2, 0.25) is 0 Å². The van der Waals surface area contributed by atoms with Crippen molar-refractivity contribution in [3.63, 3.8) is 0 Å². The van der Waals surface area contributed by atoms with Crippen molar-refractivity contribution < 1.29 is 9.90 Å². The highest BCUT2D eigenvalue weighted by atomic mass is 16.3. The van der Waals surface area contributed by atoms with Crippen molar-refractivity contribution >= 4 is 17.7 Å². The predicted molar refractivity (Wildman–Crippen MR) is 71.8 cm³/mol. The molecule has 0 aliphatic carbocycles. The average Bonchev–Trinajstić information content (AvgIpc) is 2.38. The number of benzene rings is 2. The van der Waals surface area contributed by atoms with Crippen molar-refractivity contribution in [3.05, 3.63) is 59.7 Å². The van der Waals surface area contributed by atoms with E-state index in [9.17, 15) is 4.79 Å². The number of ketones is 1. The third kappa shape index (κ3) is 3.04. The van der Waals surface area contributed by atoms with E-state index < -0.39 is 0 Å². The summed E-state index contributed by atoms with van der Waals surface area (Å²) in [5.74, 6) is 0.275. The van der Waals surface area contributed by atoms with Gasteiger partial charge >= 0.3 is 0 Å². The Morgan fingerprint density at radius 1 is 1.06 bits per heavy atom. The van der Waals surface area contributed by atoms with Crippen LogP contribution in [0.2, 0.25) is 0 Å². The summed E-state index contributed by atoms with van der Waals surface area (Å²) in [5, 5.41) is 9.14. The van der Waals surface area contributed by atoms with E-state index in [1.54, 1.807) is 49.5 Å². The highest BCUT2D eigenvalue weighted by Gasteiger charge is 1.97. The van der Waals surface area contributed by atoms with Gasteiger partial charge in [0.1, 0.15) is 5.75 Å². The van der Waals surface area contributed by atoms with Crippen LogP contribution in [0, 0.1) is 0 Å². The molecule has 0 fully saturated rings. The zero-order valence-corrected chi connectivity index (χ0v) is 10.00. The fraction of sp³-hybridized carbons (Fsp3) is 0.0667. The van der Waals surface area contributed by atoms with Gasteiger partial charge in [-0.15, -0.1) is 0 Å². The molecule has 0 aromatic heterocycles. The Bertz CT molecular complexity index is 568. The van der Waals surface area contributed by atoms with Gasteiger partial charge in [-0.05, 0) is 36.8 Å². The molecule has 2 rings (SSSR count). The summed E-state index contributed by atoms with van der Waals surface area (Å²) in [5.41, 5.74) is 2.38. The van der Waals surface area contributed by atoms with Crippen LogP contribution in [-0.4, -0.2) is 17.1 Å². The molecule has 18 heavy (non-hydrogen) atoms. The van der Waals surface area contributed by atoms with Crippen molar-refractivity contribution in [2.75, 3.05) is 0 Å². The summed E-state index contributed by atoms with van der Waals surface area (Å²) in [7, 11) is 0. The third-order valence-electron chi connectivity index (χ3n) is 2.53. The maximum Gasteiger partial charge on any atom is 0.159 e. The van der Waals surface area contributed by atoms with E-state index in [-0.39, 0.29) is 11.5 Å². The van der Waals surface area contributed by atoms with Gasteiger partial charge in [0.15, 0.2) is 5.78 Å². The smallest absolute Gasteiger partial charge is 0.159 e. The molecule has 2 aromatic carbocycles. The lowest BCUT2D eigenvalue weighted by Crippen LogP contribution is -1.91. The van der Waals surface area contributed by atoms with E-state index in [0.717, 1.165) is 11.3 Å². The Balaban J connectivity index is 2.13. The number of nitrogens with zero attached hydrogens (tertiary/aromatic N) is 1. The number of aromatic hydroxyl groups is 1. The number of rotatable bonds is 3. The molecule has 0 radical (unpaired) electrons. The lowest BCUT2D eigenvalue weighted by molar-refractivity contribution is 0.101. The SMILES string of the molecule is CC(=O)c1ccc(C=Nc2ccc(O)cc2)cc1. The van der Waals surface area contributed by atoms with Crippen LogP contribution in [-0.2, 0) is 0 Å². The van der Waals surface area contributed by atoms with Crippen LogP contribution in [0.15, 0.2) is 53.5 Å². The molecule has 0 spiro atoms. The number of phenols is 1. The van der Waals surface area contributed by atoms with Crippen LogP contribution in [0.3, 0.4) is 0 Å². The van der Waals surface area contributed by atoms with Gasteiger partial charge in [0, 0.05) is 11.8 Å². The second kappa shape index (κ2) is 5.27. The molecule has 3 nitrogen and oxygen atoms in total. The van der Waals surface area contributed by atoms with E-state index in [4.69, 9.17) is 5.11 Å². The van der Waals surface area contributed by atoms with Gasteiger partial charge in [0.25, 0.3) is 0 Å². The zero-order valence-electron chi connectivity index (χ0n) is 10.00. The second-order valence-electron chi connectivity index (χ2n) is 3.95. The molecular formula is C15H13NO2. The third-order valence-corrected chi connectivity index (χ3v) is 2.53. The van der Waals surface area contributed by atoms with Gasteiger partial charge in [-0.25, -0.2) is 0 Å². The minimum atomic E-state index is 0.0528. The molecule has 0 saturated carbocycles.